The third kappa shape index (κ3) is 2.43. The Morgan fingerprint density at radius 1 is 1.14 bits per heavy atom. The minimum atomic E-state index is -0.305. The molecule has 1 aliphatic rings. The van der Waals surface area contributed by atoms with E-state index in [1.165, 1.54) is 0 Å². The lowest BCUT2D eigenvalue weighted by Gasteiger charge is -2.11. The molecule has 0 spiro atoms. The van der Waals surface area contributed by atoms with E-state index in [0.29, 0.717) is 17.2 Å². The molecule has 2 aromatic rings. The first kappa shape index (κ1) is 13.5. The molecule has 0 radical (unpaired) electrons. The standard InChI is InChI=1S/C16H16N2O3/c1-17-15-11-8-7-10(9-12(11)18-16(15)19)21-14-6-4-3-5-13(14)20-2/h3-9,15,17H,1-2H3,(H,18,19). The quantitative estimate of drug-likeness (QED) is 0.906. The number of benzene rings is 2. The van der Waals surface area contributed by atoms with Crippen LogP contribution in [0.5, 0.6) is 17.2 Å². The molecule has 0 saturated carbocycles. The molecule has 0 aliphatic carbocycles. The van der Waals surface area contributed by atoms with Crippen LogP contribution in [0, 0.1) is 0 Å². The van der Waals surface area contributed by atoms with Crippen molar-refractivity contribution in [3.8, 4) is 17.2 Å². The number of hydrogen-bond donors (Lipinski definition) is 2. The molecular weight excluding hydrogens is 268 g/mol. The second kappa shape index (κ2) is 5.46. The first-order chi connectivity index (χ1) is 10.2. The Morgan fingerprint density at radius 3 is 2.62 bits per heavy atom. The van der Waals surface area contributed by atoms with Crippen LogP contribution in [0.4, 0.5) is 5.69 Å². The second-order valence-electron chi connectivity index (χ2n) is 4.71. The number of amides is 1. The monoisotopic (exact) mass is 284 g/mol. The first-order valence-corrected chi connectivity index (χ1v) is 6.66. The van der Waals surface area contributed by atoms with Crippen molar-refractivity contribution in [1.29, 1.82) is 0 Å². The van der Waals surface area contributed by atoms with Crippen LogP contribution >= 0.6 is 0 Å². The van der Waals surface area contributed by atoms with Crippen molar-refractivity contribution in [1.82, 2.24) is 5.32 Å². The molecule has 0 bridgehead atoms. The number of nitrogens with one attached hydrogen (secondary N) is 2. The predicted octanol–water partition coefficient (Wildman–Crippen LogP) is 2.70. The van der Waals surface area contributed by atoms with E-state index in [9.17, 15) is 4.79 Å². The number of likely N-dealkylation sites (N-methyl/N-ethyl adjacent to an activating group) is 1. The van der Waals surface area contributed by atoms with E-state index in [1.807, 2.05) is 42.5 Å². The molecule has 1 heterocycles. The lowest BCUT2D eigenvalue weighted by Crippen LogP contribution is -2.23. The van der Waals surface area contributed by atoms with E-state index in [-0.39, 0.29) is 11.9 Å². The van der Waals surface area contributed by atoms with Crippen LogP contribution in [0.2, 0.25) is 0 Å². The fourth-order valence-corrected chi connectivity index (χ4v) is 2.42. The van der Waals surface area contributed by atoms with E-state index in [0.717, 1.165) is 11.3 Å². The summed E-state index contributed by atoms with van der Waals surface area (Å²) < 4.78 is 11.1. The highest BCUT2D eigenvalue weighted by atomic mass is 16.5. The predicted molar refractivity (Wildman–Crippen MR) is 79.9 cm³/mol. The van der Waals surface area contributed by atoms with E-state index >= 15 is 0 Å². The molecule has 3 rings (SSSR count). The lowest BCUT2D eigenvalue weighted by atomic mass is 10.1. The highest BCUT2D eigenvalue weighted by Gasteiger charge is 2.29. The summed E-state index contributed by atoms with van der Waals surface area (Å²) in [6, 6.07) is 12.7. The molecule has 1 aliphatic heterocycles. The van der Waals surface area contributed by atoms with Crippen molar-refractivity contribution in [2.75, 3.05) is 19.5 Å². The summed E-state index contributed by atoms with van der Waals surface area (Å²) in [5.41, 5.74) is 1.70. The summed E-state index contributed by atoms with van der Waals surface area (Å²) >= 11 is 0. The number of ether oxygens (including phenoxy) is 2. The molecule has 1 atom stereocenters. The summed E-state index contributed by atoms with van der Waals surface area (Å²) in [6.07, 6.45) is 0. The summed E-state index contributed by atoms with van der Waals surface area (Å²) in [5.74, 6) is 1.89. The van der Waals surface area contributed by atoms with Crippen molar-refractivity contribution in [3.05, 3.63) is 48.0 Å². The van der Waals surface area contributed by atoms with Crippen LogP contribution in [-0.2, 0) is 4.79 Å². The number of hydrogen-bond acceptors (Lipinski definition) is 4. The van der Waals surface area contributed by atoms with Crippen molar-refractivity contribution in [2.24, 2.45) is 0 Å². The second-order valence-corrected chi connectivity index (χ2v) is 4.71. The van der Waals surface area contributed by atoms with Gasteiger partial charge in [0.1, 0.15) is 11.8 Å². The van der Waals surface area contributed by atoms with Crippen molar-refractivity contribution in [2.45, 2.75) is 6.04 Å². The first-order valence-electron chi connectivity index (χ1n) is 6.66. The lowest BCUT2D eigenvalue weighted by molar-refractivity contribution is -0.117. The van der Waals surface area contributed by atoms with Crippen LogP contribution in [0.25, 0.3) is 0 Å². The summed E-state index contributed by atoms with van der Waals surface area (Å²) in [7, 11) is 3.36. The molecule has 21 heavy (non-hydrogen) atoms. The smallest absolute Gasteiger partial charge is 0.246 e. The average Bonchev–Trinajstić information content (AvgIpc) is 2.82. The van der Waals surface area contributed by atoms with Gasteiger partial charge in [0.2, 0.25) is 5.91 Å². The average molecular weight is 284 g/mol. The molecule has 108 valence electrons. The number of anilines is 1. The summed E-state index contributed by atoms with van der Waals surface area (Å²) in [5, 5.41) is 5.82. The topological polar surface area (TPSA) is 59.6 Å². The maximum Gasteiger partial charge on any atom is 0.246 e. The zero-order chi connectivity index (χ0) is 14.8. The molecule has 1 unspecified atom stereocenters. The Balaban J connectivity index is 1.89. The maximum atomic E-state index is 11.8. The highest BCUT2D eigenvalue weighted by molar-refractivity contribution is 6.02. The van der Waals surface area contributed by atoms with Gasteiger partial charge >= 0.3 is 0 Å². The Hall–Kier alpha value is -2.53. The minimum Gasteiger partial charge on any atom is -0.493 e. The number of carbonyl (C=O) groups is 1. The van der Waals surface area contributed by atoms with Gasteiger partial charge in [0.15, 0.2) is 11.5 Å². The van der Waals surface area contributed by atoms with Crippen LogP contribution < -0.4 is 20.1 Å². The summed E-state index contributed by atoms with van der Waals surface area (Å²) in [4.78, 5) is 11.8. The number of carbonyl (C=O) groups excluding carboxylic acids is 1. The van der Waals surface area contributed by atoms with Gasteiger partial charge in [-0.25, -0.2) is 0 Å². The zero-order valence-electron chi connectivity index (χ0n) is 11.8. The summed E-state index contributed by atoms with van der Waals surface area (Å²) in [6.45, 7) is 0. The Kier molecular flexibility index (Phi) is 3.50. The van der Waals surface area contributed by atoms with Crippen molar-refractivity contribution >= 4 is 11.6 Å². The van der Waals surface area contributed by atoms with Gasteiger partial charge in [-0.1, -0.05) is 18.2 Å². The molecule has 0 aromatic heterocycles. The van der Waals surface area contributed by atoms with Crippen molar-refractivity contribution < 1.29 is 14.3 Å². The van der Waals surface area contributed by atoms with Gasteiger partial charge < -0.3 is 20.1 Å². The van der Waals surface area contributed by atoms with Gasteiger partial charge in [-0.05, 0) is 25.2 Å². The SMILES string of the molecule is CNC1C(=O)Nc2cc(Oc3ccccc3OC)ccc21. The minimum absolute atomic E-state index is 0.0538. The molecule has 1 amide bonds. The van der Waals surface area contributed by atoms with Crippen LogP contribution in [0.1, 0.15) is 11.6 Å². The van der Waals surface area contributed by atoms with Crippen LogP contribution in [0.3, 0.4) is 0 Å². The normalized spacial score (nSPS) is 16.3. The van der Waals surface area contributed by atoms with Gasteiger partial charge in [-0.15, -0.1) is 0 Å². The van der Waals surface area contributed by atoms with Gasteiger partial charge in [-0.3, -0.25) is 4.79 Å². The van der Waals surface area contributed by atoms with Crippen molar-refractivity contribution in [3.63, 3.8) is 0 Å². The largest absolute Gasteiger partial charge is 0.493 e. The number of methoxy groups -OCH3 is 1. The van der Waals surface area contributed by atoms with Gasteiger partial charge in [0.05, 0.1) is 7.11 Å². The molecule has 5 nitrogen and oxygen atoms in total. The zero-order valence-corrected chi connectivity index (χ0v) is 11.8. The van der Waals surface area contributed by atoms with Crippen LogP contribution in [0.15, 0.2) is 42.5 Å². The van der Waals surface area contributed by atoms with Crippen LogP contribution in [-0.4, -0.2) is 20.1 Å². The number of rotatable bonds is 4. The maximum absolute atomic E-state index is 11.8. The number of para-hydroxylation sites is 2. The van der Waals surface area contributed by atoms with Gasteiger partial charge in [-0.2, -0.15) is 0 Å². The van der Waals surface area contributed by atoms with E-state index in [1.54, 1.807) is 14.2 Å². The van der Waals surface area contributed by atoms with Gasteiger partial charge in [0.25, 0.3) is 0 Å². The molecule has 5 heteroatoms. The molecule has 2 aromatic carbocycles. The third-order valence-electron chi connectivity index (χ3n) is 3.44. The Labute approximate surface area is 122 Å². The van der Waals surface area contributed by atoms with E-state index < -0.39 is 0 Å². The van der Waals surface area contributed by atoms with E-state index in [4.69, 9.17) is 9.47 Å². The highest BCUT2D eigenvalue weighted by Crippen LogP contribution is 2.36. The van der Waals surface area contributed by atoms with Gasteiger partial charge in [0, 0.05) is 17.3 Å². The fourth-order valence-electron chi connectivity index (χ4n) is 2.42. The third-order valence-corrected chi connectivity index (χ3v) is 3.44. The fraction of sp³-hybridized carbons (Fsp3) is 0.188. The molecule has 0 saturated heterocycles. The molecule has 0 fully saturated rings. The molecule has 2 N–H and O–H groups in total. The molecular formula is C16H16N2O3. The Bertz CT molecular complexity index is 685. The van der Waals surface area contributed by atoms with E-state index in [2.05, 4.69) is 10.6 Å². The Morgan fingerprint density at radius 2 is 1.90 bits per heavy atom. The number of fused-ring (bicyclic) bond motifs is 1.